The summed E-state index contributed by atoms with van der Waals surface area (Å²) in [7, 11) is 0. The van der Waals surface area contributed by atoms with E-state index in [9.17, 15) is 4.79 Å². The number of hydrogen-bond donors (Lipinski definition) is 2. The first-order valence-corrected chi connectivity index (χ1v) is 7.42. The standard InChI is InChI=1S/C16H27N3O/c1-10-13(18-11(2)17-10)14(20)19-12-7-15(3,4)9-16(5,6)8-12/h12H,7-9H2,1-6H3,(H,17,18)(H,19,20). The molecule has 2 N–H and O–H groups in total. The molecule has 1 heterocycles. The fraction of sp³-hybridized carbons (Fsp3) is 0.750. The number of H-pyrrole nitrogens is 1. The third-order valence-electron chi connectivity index (χ3n) is 4.11. The highest BCUT2D eigenvalue weighted by Gasteiger charge is 2.39. The maximum atomic E-state index is 12.4. The number of nitrogens with zero attached hydrogens (tertiary/aromatic N) is 1. The molecule has 4 nitrogen and oxygen atoms in total. The molecule has 1 aromatic rings. The number of imidazole rings is 1. The highest BCUT2D eigenvalue weighted by Crippen LogP contribution is 2.45. The van der Waals surface area contributed by atoms with E-state index >= 15 is 0 Å². The van der Waals surface area contributed by atoms with Crippen molar-refractivity contribution in [3.63, 3.8) is 0 Å². The number of nitrogens with one attached hydrogen (secondary N) is 2. The summed E-state index contributed by atoms with van der Waals surface area (Å²) in [6.07, 6.45) is 3.27. The number of carbonyl (C=O) groups is 1. The molecule has 1 amide bonds. The molecule has 1 saturated carbocycles. The molecule has 0 atom stereocenters. The highest BCUT2D eigenvalue weighted by atomic mass is 16.2. The van der Waals surface area contributed by atoms with Crippen LogP contribution in [0.1, 0.15) is 69.0 Å². The van der Waals surface area contributed by atoms with E-state index < -0.39 is 0 Å². The molecule has 0 unspecified atom stereocenters. The van der Waals surface area contributed by atoms with E-state index in [0.717, 1.165) is 24.4 Å². The van der Waals surface area contributed by atoms with E-state index in [1.54, 1.807) is 0 Å². The van der Waals surface area contributed by atoms with Crippen LogP contribution in [0.2, 0.25) is 0 Å². The zero-order valence-corrected chi connectivity index (χ0v) is 13.6. The van der Waals surface area contributed by atoms with Crippen LogP contribution in [-0.4, -0.2) is 21.9 Å². The van der Waals surface area contributed by atoms with Crippen molar-refractivity contribution in [1.82, 2.24) is 15.3 Å². The third kappa shape index (κ3) is 3.41. The van der Waals surface area contributed by atoms with Crippen LogP contribution in [0.4, 0.5) is 0 Å². The Morgan fingerprint density at radius 3 is 2.20 bits per heavy atom. The van der Waals surface area contributed by atoms with Gasteiger partial charge in [0, 0.05) is 11.7 Å². The average molecular weight is 277 g/mol. The smallest absolute Gasteiger partial charge is 0.271 e. The van der Waals surface area contributed by atoms with Crippen LogP contribution in [-0.2, 0) is 0 Å². The lowest BCUT2D eigenvalue weighted by Gasteiger charge is -2.45. The minimum Gasteiger partial charge on any atom is -0.348 e. The fourth-order valence-electron chi connectivity index (χ4n) is 4.03. The van der Waals surface area contributed by atoms with Crippen LogP contribution in [0.25, 0.3) is 0 Å². The Balaban J connectivity index is 2.09. The van der Waals surface area contributed by atoms with Crippen LogP contribution in [0.5, 0.6) is 0 Å². The average Bonchev–Trinajstić information content (AvgIpc) is 2.52. The molecular formula is C16H27N3O. The minimum atomic E-state index is -0.0506. The van der Waals surface area contributed by atoms with Crippen molar-refractivity contribution in [3.8, 4) is 0 Å². The van der Waals surface area contributed by atoms with E-state index in [2.05, 4.69) is 43.0 Å². The van der Waals surface area contributed by atoms with E-state index in [1.807, 2.05) is 13.8 Å². The fourth-order valence-corrected chi connectivity index (χ4v) is 4.03. The summed E-state index contributed by atoms with van der Waals surface area (Å²) < 4.78 is 0. The molecule has 4 heteroatoms. The van der Waals surface area contributed by atoms with Gasteiger partial charge in [0.2, 0.25) is 0 Å². The summed E-state index contributed by atoms with van der Waals surface area (Å²) >= 11 is 0. The Hall–Kier alpha value is -1.32. The molecule has 1 aliphatic carbocycles. The van der Waals surface area contributed by atoms with Crippen molar-refractivity contribution in [1.29, 1.82) is 0 Å². The lowest BCUT2D eigenvalue weighted by atomic mass is 9.63. The van der Waals surface area contributed by atoms with Crippen molar-refractivity contribution in [2.75, 3.05) is 0 Å². The maximum Gasteiger partial charge on any atom is 0.271 e. The summed E-state index contributed by atoms with van der Waals surface area (Å²) in [5.41, 5.74) is 1.92. The van der Waals surface area contributed by atoms with Gasteiger partial charge in [-0.25, -0.2) is 4.98 Å². The second kappa shape index (κ2) is 4.90. The molecule has 20 heavy (non-hydrogen) atoms. The normalized spacial score (nSPS) is 21.7. The van der Waals surface area contributed by atoms with Gasteiger partial charge in [0.25, 0.3) is 5.91 Å². The van der Waals surface area contributed by atoms with Crippen LogP contribution in [0.3, 0.4) is 0 Å². The molecule has 0 aromatic carbocycles. The van der Waals surface area contributed by atoms with Crippen LogP contribution >= 0.6 is 0 Å². The Morgan fingerprint density at radius 2 is 1.75 bits per heavy atom. The lowest BCUT2D eigenvalue weighted by molar-refractivity contribution is 0.0710. The number of amides is 1. The third-order valence-corrected chi connectivity index (χ3v) is 4.11. The number of aromatic amines is 1. The minimum absolute atomic E-state index is 0.0506. The Labute approximate surface area is 121 Å². The lowest BCUT2D eigenvalue weighted by Crippen LogP contribution is -2.46. The van der Waals surface area contributed by atoms with Gasteiger partial charge in [-0.1, -0.05) is 27.7 Å². The molecule has 1 aliphatic rings. The second-order valence-electron chi connectivity index (χ2n) is 7.88. The zero-order valence-electron chi connectivity index (χ0n) is 13.6. The quantitative estimate of drug-likeness (QED) is 0.871. The SMILES string of the molecule is Cc1nc(C(=O)NC2CC(C)(C)CC(C)(C)C2)c(C)[nH]1. The largest absolute Gasteiger partial charge is 0.348 e. The highest BCUT2D eigenvalue weighted by molar-refractivity contribution is 5.93. The van der Waals surface area contributed by atoms with Gasteiger partial charge < -0.3 is 10.3 Å². The van der Waals surface area contributed by atoms with Gasteiger partial charge in [-0.15, -0.1) is 0 Å². The van der Waals surface area contributed by atoms with Crippen molar-refractivity contribution >= 4 is 5.91 Å². The van der Waals surface area contributed by atoms with Crippen LogP contribution in [0.15, 0.2) is 0 Å². The summed E-state index contributed by atoms with van der Waals surface area (Å²) in [4.78, 5) is 19.7. The molecule has 0 bridgehead atoms. The molecule has 1 aromatic heterocycles. The van der Waals surface area contributed by atoms with Gasteiger partial charge >= 0.3 is 0 Å². The first-order chi connectivity index (χ1) is 9.08. The maximum absolute atomic E-state index is 12.4. The van der Waals surface area contributed by atoms with E-state index in [0.29, 0.717) is 5.69 Å². The summed E-state index contributed by atoms with van der Waals surface area (Å²) in [5.74, 6) is 0.738. The van der Waals surface area contributed by atoms with Gasteiger partial charge in [0.05, 0.1) is 0 Å². The predicted molar refractivity (Wildman–Crippen MR) is 80.7 cm³/mol. The number of carbonyl (C=O) groups excluding carboxylic acids is 1. The number of aryl methyl sites for hydroxylation is 2. The van der Waals surface area contributed by atoms with Gasteiger partial charge in [0.1, 0.15) is 11.5 Å². The monoisotopic (exact) mass is 277 g/mol. The Kier molecular flexibility index (Phi) is 3.69. The van der Waals surface area contributed by atoms with E-state index in [1.165, 1.54) is 6.42 Å². The van der Waals surface area contributed by atoms with Crippen LogP contribution in [0, 0.1) is 24.7 Å². The van der Waals surface area contributed by atoms with Gasteiger partial charge in [-0.2, -0.15) is 0 Å². The zero-order chi connectivity index (χ0) is 15.1. The Bertz CT molecular complexity index is 498. The summed E-state index contributed by atoms with van der Waals surface area (Å²) in [6, 6.07) is 0.234. The molecule has 112 valence electrons. The number of rotatable bonds is 2. The first kappa shape index (κ1) is 15.1. The van der Waals surface area contributed by atoms with Crippen molar-refractivity contribution < 1.29 is 4.79 Å². The second-order valence-corrected chi connectivity index (χ2v) is 7.88. The molecule has 0 saturated heterocycles. The molecule has 0 radical (unpaired) electrons. The van der Waals surface area contributed by atoms with Gasteiger partial charge in [-0.3, -0.25) is 4.79 Å². The summed E-state index contributed by atoms with van der Waals surface area (Å²) in [6.45, 7) is 12.9. The van der Waals surface area contributed by atoms with E-state index in [-0.39, 0.29) is 22.8 Å². The topological polar surface area (TPSA) is 57.8 Å². The Morgan fingerprint density at radius 1 is 1.20 bits per heavy atom. The van der Waals surface area contributed by atoms with Crippen molar-refractivity contribution in [2.45, 2.75) is 66.8 Å². The van der Waals surface area contributed by atoms with E-state index in [4.69, 9.17) is 0 Å². The predicted octanol–water partition coefficient (Wildman–Crippen LogP) is 3.36. The number of aromatic nitrogens is 2. The molecule has 0 spiro atoms. The molecular weight excluding hydrogens is 250 g/mol. The van der Waals surface area contributed by atoms with Gasteiger partial charge in [-0.05, 0) is 43.9 Å². The molecule has 1 fully saturated rings. The molecule has 0 aliphatic heterocycles. The molecule has 2 rings (SSSR count). The number of hydrogen-bond acceptors (Lipinski definition) is 2. The van der Waals surface area contributed by atoms with Crippen molar-refractivity contribution in [3.05, 3.63) is 17.2 Å². The van der Waals surface area contributed by atoms with Crippen molar-refractivity contribution in [2.24, 2.45) is 10.8 Å². The first-order valence-electron chi connectivity index (χ1n) is 7.42. The summed E-state index contributed by atoms with van der Waals surface area (Å²) in [5, 5.41) is 3.18. The van der Waals surface area contributed by atoms with Crippen LogP contribution < -0.4 is 5.32 Å². The van der Waals surface area contributed by atoms with Gasteiger partial charge in [0.15, 0.2) is 0 Å².